The van der Waals surface area contributed by atoms with Gasteiger partial charge in [-0.3, -0.25) is 4.79 Å². The highest BCUT2D eigenvalue weighted by molar-refractivity contribution is 5.96. The fraction of sp³-hybridized carbons (Fsp3) is 0.645. The van der Waals surface area contributed by atoms with Gasteiger partial charge in [-0.15, -0.1) is 0 Å². The molecular formula is C31H42N2O5. The minimum absolute atomic E-state index is 0.0996. The number of allylic oxidation sites excluding steroid dienone is 2. The van der Waals surface area contributed by atoms with Gasteiger partial charge in [-0.05, 0) is 91.6 Å². The highest BCUT2D eigenvalue weighted by Crippen LogP contribution is 2.65. The number of rotatable bonds is 7. The molecule has 0 spiro atoms. The highest BCUT2D eigenvalue weighted by atomic mass is 16.6. The summed E-state index contributed by atoms with van der Waals surface area (Å²) in [6.45, 7) is 4.52. The number of esters is 1. The molecule has 4 aliphatic carbocycles. The normalized spacial score (nSPS) is 35.8. The first kappa shape index (κ1) is 26.9. The van der Waals surface area contributed by atoms with Crippen LogP contribution in [0.4, 0.5) is 0 Å². The van der Waals surface area contributed by atoms with Gasteiger partial charge in [0.2, 0.25) is 0 Å². The van der Waals surface area contributed by atoms with Gasteiger partial charge in [0.1, 0.15) is 6.04 Å². The first-order valence-electron chi connectivity index (χ1n) is 14.2. The van der Waals surface area contributed by atoms with Crippen LogP contribution in [0.3, 0.4) is 0 Å². The van der Waals surface area contributed by atoms with Crippen molar-refractivity contribution in [2.45, 2.75) is 83.8 Å². The molecular weight excluding hydrogens is 480 g/mol. The summed E-state index contributed by atoms with van der Waals surface area (Å²) in [6, 6.07) is 8.73. The molecule has 4 aliphatic rings. The van der Waals surface area contributed by atoms with Crippen LogP contribution in [0, 0.1) is 28.6 Å². The number of nitrogens with one attached hydrogen (secondary N) is 1. The van der Waals surface area contributed by atoms with Gasteiger partial charge in [0.15, 0.2) is 6.61 Å². The van der Waals surface area contributed by atoms with E-state index in [9.17, 15) is 14.7 Å². The number of ether oxygens (including phenoxy) is 1. The van der Waals surface area contributed by atoms with Crippen LogP contribution in [0.2, 0.25) is 0 Å². The van der Waals surface area contributed by atoms with E-state index in [1.54, 1.807) is 0 Å². The number of aliphatic hydroxyl groups excluding tert-OH is 1. The van der Waals surface area contributed by atoms with Crippen molar-refractivity contribution in [3.8, 4) is 0 Å². The summed E-state index contributed by atoms with van der Waals surface area (Å²) in [5.74, 6) is 1.11. The lowest BCUT2D eigenvalue weighted by Gasteiger charge is -2.57. The van der Waals surface area contributed by atoms with Crippen molar-refractivity contribution in [3.63, 3.8) is 0 Å². The molecule has 0 saturated heterocycles. The number of carbonyl (C=O) groups excluding carboxylic acids is 2. The Kier molecular flexibility index (Phi) is 7.67. The number of hydrogen-bond acceptors (Lipinski definition) is 6. The van der Waals surface area contributed by atoms with E-state index in [0.29, 0.717) is 24.2 Å². The third kappa shape index (κ3) is 5.02. The summed E-state index contributed by atoms with van der Waals surface area (Å²) in [7, 11) is 1.32. The molecule has 206 valence electrons. The molecule has 7 atom stereocenters. The molecule has 5 rings (SSSR count). The van der Waals surface area contributed by atoms with Gasteiger partial charge in [-0.2, -0.15) is 0 Å². The largest absolute Gasteiger partial charge is 0.467 e. The molecule has 0 radical (unpaired) electrons. The van der Waals surface area contributed by atoms with Crippen LogP contribution in [-0.2, 0) is 25.6 Å². The Hall–Kier alpha value is -2.67. The molecule has 0 aliphatic heterocycles. The SMILES string of the molecule is COC(=O)C(Cc1ccccc1)NC(=O)CO/N=C1\C=C2CCC3C4CCC(O)[C@@]4(C)CCC3[C@@]2(C)CC1. The zero-order valence-corrected chi connectivity index (χ0v) is 22.9. The van der Waals surface area contributed by atoms with Gasteiger partial charge in [0.05, 0.1) is 18.9 Å². The predicted octanol–water partition coefficient (Wildman–Crippen LogP) is 4.58. The minimum atomic E-state index is -0.780. The molecule has 1 aromatic rings. The van der Waals surface area contributed by atoms with Gasteiger partial charge >= 0.3 is 5.97 Å². The Morgan fingerprint density at radius 3 is 2.63 bits per heavy atom. The number of nitrogens with zero attached hydrogens (tertiary/aromatic N) is 1. The Bertz CT molecular complexity index is 1100. The summed E-state index contributed by atoms with van der Waals surface area (Å²) in [4.78, 5) is 30.2. The molecule has 5 unspecified atom stereocenters. The van der Waals surface area contributed by atoms with E-state index < -0.39 is 17.9 Å². The van der Waals surface area contributed by atoms with E-state index in [0.717, 1.165) is 43.4 Å². The van der Waals surface area contributed by atoms with Crippen LogP contribution in [0.25, 0.3) is 0 Å². The average Bonchev–Trinajstić information content (AvgIpc) is 3.22. The number of oxime groups is 1. The molecule has 0 bridgehead atoms. The van der Waals surface area contributed by atoms with Crippen molar-refractivity contribution in [2.24, 2.45) is 33.7 Å². The number of aliphatic hydroxyl groups is 1. The number of fused-ring (bicyclic) bond motifs is 5. The first-order chi connectivity index (χ1) is 18.2. The summed E-state index contributed by atoms with van der Waals surface area (Å²) in [5.41, 5.74) is 3.56. The standard InChI is InChI=1S/C31H42N2O5/c1-30-15-13-22(18-21(30)9-10-23-24-11-12-27(34)31(24,2)16-14-25(23)30)33-38-19-28(35)32-26(29(36)37-3)17-20-7-5-4-6-8-20/h4-8,18,23-27,34H,9-17,19H2,1-3H3,(H,32,35)/b33-22-/t23?,24?,25?,26?,27?,30-,31-/m0/s1. The lowest BCUT2D eigenvalue weighted by Crippen LogP contribution is -2.51. The second-order valence-corrected chi connectivity index (χ2v) is 12.3. The van der Waals surface area contributed by atoms with E-state index in [1.807, 2.05) is 30.3 Å². The van der Waals surface area contributed by atoms with Crippen molar-refractivity contribution >= 4 is 17.6 Å². The van der Waals surface area contributed by atoms with Gasteiger partial charge in [0, 0.05) is 6.42 Å². The first-order valence-corrected chi connectivity index (χ1v) is 14.2. The maximum absolute atomic E-state index is 12.5. The number of amides is 1. The second-order valence-electron chi connectivity index (χ2n) is 12.3. The van der Waals surface area contributed by atoms with E-state index in [1.165, 1.54) is 31.9 Å². The number of hydrogen-bond donors (Lipinski definition) is 2. The van der Waals surface area contributed by atoms with E-state index in [4.69, 9.17) is 9.57 Å². The van der Waals surface area contributed by atoms with E-state index in [-0.39, 0.29) is 23.5 Å². The summed E-state index contributed by atoms with van der Waals surface area (Å²) < 4.78 is 4.87. The monoisotopic (exact) mass is 522 g/mol. The Balaban J connectivity index is 1.18. The molecule has 0 aromatic heterocycles. The summed E-state index contributed by atoms with van der Waals surface area (Å²) in [6.07, 6.45) is 11.0. The minimum Gasteiger partial charge on any atom is -0.467 e. The van der Waals surface area contributed by atoms with Crippen LogP contribution in [0.15, 0.2) is 47.1 Å². The van der Waals surface area contributed by atoms with Crippen molar-refractivity contribution < 1.29 is 24.3 Å². The molecule has 7 heteroatoms. The molecule has 3 saturated carbocycles. The molecule has 1 aromatic carbocycles. The average molecular weight is 523 g/mol. The quantitative estimate of drug-likeness (QED) is 0.404. The van der Waals surface area contributed by atoms with Crippen molar-refractivity contribution in [2.75, 3.05) is 13.7 Å². The van der Waals surface area contributed by atoms with Gasteiger partial charge in [-0.25, -0.2) is 4.79 Å². The van der Waals surface area contributed by atoms with Crippen LogP contribution < -0.4 is 5.32 Å². The zero-order chi connectivity index (χ0) is 26.9. The Labute approximate surface area is 226 Å². The Morgan fingerprint density at radius 2 is 1.87 bits per heavy atom. The van der Waals surface area contributed by atoms with E-state index in [2.05, 4.69) is 30.4 Å². The fourth-order valence-electron chi connectivity index (χ4n) is 8.21. The lowest BCUT2D eigenvalue weighted by molar-refractivity contribution is -0.145. The van der Waals surface area contributed by atoms with Gasteiger partial charge in [0.25, 0.3) is 5.91 Å². The summed E-state index contributed by atoms with van der Waals surface area (Å²) in [5, 5.41) is 17.7. The second kappa shape index (κ2) is 10.8. The Morgan fingerprint density at radius 1 is 1.08 bits per heavy atom. The summed E-state index contributed by atoms with van der Waals surface area (Å²) >= 11 is 0. The number of carbonyl (C=O) groups is 2. The molecule has 3 fully saturated rings. The van der Waals surface area contributed by atoms with Crippen molar-refractivity contribution in [1.82, 2.24) is 5.32 Å². The highest BCUT2D eigenvalue weighted by Gasteiger charge is 2.58. The molecule has 1 amide bonds. The number of methoxy groups -OCH3 is 1. The maximum Gasteiger partial charge on any atom is 0.328 e. The smallest absolute Gasteiger partial charge is 0.328 e. The molecule has 7 nitrogen and oxygen atoms in total. The third-order valence-corrected chi connectivity index (χ3v) is 10.4. The fourth-order valence-corrected chi connectivity index (χ4v) is 8.21. The van der Waals surface area contributed by atoms with Crippen LogP contribution in [0.5, 0.6) is 0 Å². The molecule has 0 heterocycles. The number of benzene rings is 1. The lowest BCUT2D eigenvalue weighted by atomic mass is 9.47. The predicted molar refractivity (Wildman–Crippen MR) is 145 cm³/mol. The van der Waals surface area contributed by atoms with Crippen molar-refractivity contribution in [3.05, 3.63) is 47.5 Å². The zero-order valence-electron chi connectivity index (χ0n) is 22.9. The van der Waals surface area contributed by atoms with Crippen LogP contribution in [0.1, 0.15) is 70.8 Å². The van der Waals surface area contributed by atoms with Crippen LogP contribution >= 0.6 is 0 Å². The van der Waals surface area contributed by atoms with E-state index >= 15 is 0 Å². The molecule has 2 N–H and O–H groups in total. The maximum atomic E-state index is 12.5. The molecule has 38 heavy (non-hydrogen) atoms. The van der Waals surface area contributed by atoms with Crippen molar-refractivity contribution in [1.29, 1.82) is 0 Å². The van der Waals surface area contributed by atoms with Gasteiger partial charge < -0.3 is 20.0 Å². The van der Waals surface area contributed by atoms with Gasteiger partial charge in [-0.1, -0.05) is 54.9 Å². The topological polar surface area (TPSA) is 97.2 Å². The third-order valence-electron chi connectivity index (χ3n) is 10.4. The van der Waals surface area contributed by atoms with Crippen LogP contribution in [-0.4, -0.2) is 48.6 Å².